The number of hydrogen-bond acceptors (Lipinski definition) is 5. The van der Waals surface area contributed by atoms with Crippen LogP contribution in [-0.2, 0) is 22.7 Å². The summed E-state index contributed by atoms with van der Waals surface area (Å²) < 4.78 is 1.38. The lowest BCUT2D eigenvalue weighted by atomic mass is 10.2. The number of carboxylic acids is 1. The van der Waals surface area contributed by atoms with Crippen molar-refractivity contribution in [1.82, 2.24) is 19.9 Å². The number of carbonyl (C=O) groups excluding carboxylic acids is 1. The number of likely N-dealkylation sites (tertiary alicyclic amines) is 1. The molecule has 0 aliphatic carbocycles. The van der Waals surface area contributed by atoms with E-state index in [2.05, 4.69) is 10.3 Å². The minimum absolute atomic E-state index is 0.00319. The van der Waals surface area contributed by atoms with Crippen molar-refractivity contribution in [3.63, 3.8) is 0 Å². The summed E-state index contributed by atoms with van der Waals surface area (Å²) in [6, 6.07) is -0.713. The molecule has 8 heteroatoms. The first-order chi connectivity index (χ1) is 8.61. The molecule has 1 atom stereocenters. The van der Waals surface area contributed by atoms with E-state index in [0.29, 0.717) is 25.1 Å². The van der Waals surface area contributed by atoms with Gasteiger partial charge in [0.05, 0.1) is 11.9 Å². The number of hydrogen-bond donors (Lipinski definition) is 2. The smallest absolute Gasteiger partial charge is 0.326 e. The summed E-state index contributed by atoms with van der Waals surface area (Å²) in [5, 5.41) is 16.5. The molecule has 3 N–H and O–H groups in total. The first-order valence-corrected chi connectivity index (χ1v) is 5.73. The van der Waals surface area contributed by atoms with Gasteiger partial charge in [0.2, 0.25) is 5.91 Å². The molecule has 1 aromatic rings. The van der Waals surface area contributed by atoms with Crippen LogP contribution in [0.15, 0.2) is 6.20 Å². The van der Waals surface area contributed by atoms with Crippen LogP contribution >= 0.6 is 0 Å². The molecule has 1 aliphatic heterocycles. The van der Waals surface area contributed by atoms with Gasteiger partial charge in [-0.25, -0.2) is 9.48 Å². The average Bonchev–Trinajstić information content (AvgIpc) is 2.96. The van der Waals surface area contributed by atoms with Crippen LogP contribution < -0.4 is 5.73 Å². The molecule has 1 saturated heterocycles. The maximum absolute atomic E-state index is 12.0. The highest BCUT2D eigenvalue weighted by atomic mass is 16.4. The number of nitrogens with zero attached hydrogens (tertiary/aromatic N) is 4. The summed E-state index contributed by atoms with van der Waals surface area (Å²) in [5.74, 6) is -1.21. The first kappa shape index (κ1) is 12.5. The van der Waals surface area contributed by atoms with Gasteiger partial charge in [0, 0.05) is 13.1 Å². The van der Waals surface area contributed by atoms with Crippen molar-refractivity contribution in [1.29, 1.82) is 0 Å². The topological polar surface area (TPSA) is 114 Å². The van der Waals surface area contributed by atoms with Gasteiger partial charge >= 0.3 is 5.97 Å². The van der Waals surface area contributed by atoms with E-state index < -0.39 is 12.0 Å². The Kier molecular flexibility index (Phi) is 3.56. The van der Waals surface area contributed by atoms with Gasteiger partial charge in [-0.1, -0.05) is 5.21 Å². The number of nitrogens with two attached hydrogens (primary N) is 1. The highest BCUT2D eigenvalue weighted by Crippen LogP contribution is 2.17. The van der Waals surface area contributed by atoms with Crippen molar-refractivity contribution in [2.45, 2.75) is 32.0 Å². The van der Waals surface area contributed by atoms with Gasteiger partial charge < -0.3 is 15.7 Å². The van der Waals surface area contributed by atoms with E-state index in [4.69, 9.17) is 10.8 Å². The molecule has 2 rings (SSSR count). The van der Waals surface area contributed by atoms with Crippen molar-refractivity contribution in [3.05, 3.63) is 11.9 Å². The molecule has 0 spiro atoms. The molecule has 0 saturated carbocycles. The minimum Gasteiger partial charge on any atom is -0.480 e. The fourth-order valence-electron chi connectivity index (χ4n) is 2.06. The number of aromatic nitrogens is 3. The van der Waals surface area contributed by atoms with E-state index in [1.54, 1.807) is 6.20 Å². The second-order valence-electron chi connectivity index (χ2n) is 4.19. The Morgan fingerprint density at radius 2 is 2.33 bits per heavy atom. The number of rotatable bonds is 4. The fourth-order valence-corrected chi connectivity index (χ4v) is 2.06. The van der Waals surface area contributed by atoms with Gasteiger partial charge in [-0.3, -0.25) is 4.79 Å². The van der Waals surface area contributed by atoms with Crippen molar-refractivity contribution in [2.75, 3.05) is 6.54 Å². The molecule has 1 aromatic heterocycles. The summed E-state index contributed by atoms with van der Waals surface area (Å²) in [7, 11) is 0. The van der Waals surface area contributed by atoms with E-state index in [9.17, 15) is 9.59 Å². The van der Waals surface area contributed by atoms with Gasteiger partial charge in [0.1, 0.15) is 12.6 Å². The van der Waals surface area contributed by atoms with Gasteiger partial charge in [-0.15, -0.1) is 5.10 Å². The third kappa shape index (κ3) is 2.48. The van der Waals surface area contributed by atoms with Crippen LogP contribution in [0.25, 0.3) is 0 Å². The van der Waals surface area contributed by atoms with Crippen molar-refractivity contribution >= 4 is 11.9 Å². The molecular formula is C10H15N5O3. The molecule has 1 aliphatic rings. The van der Waals surface area contributed by atoms with Crippen molar-refractivity contribution in [2.24, 2.45) is 5.73 Å². The molecule has 0 bridgehead atoms. The zero-order valence-electron chi connectivity index (χ0n) is 9.82. The summed E-state index contributed by atoms with van der Waals surface area (Å²) in [5.41, 5.74) is 5.99. The zero-order valence-corrected chi connectivity index (χ0v) is 9.82. The monoisotopic (exact) mass is 253 g/mol. The standard InChI is InChI=1S/C10H15N5O3/c11-4-7-5-14(13-12-7)6-9(16)15-3-1-2-8(15)10(17)18/h5,8H,1-4,6,11H2,(H,17,18). The summed E-state index contributed by atoms with van der Waals surface area (Å²) in [6.45, 7) is 0.737. The first-order valence-electron chi connectivity index (χ1n) is 5.73. The molecule has 1 amide bonds. The Balaban J connectivity index is 2.01. The molecule has 98 valence electrons. The van der Waals surface area contributed by atoms with Crippen LogP contribution in [0, 0.1) is 0 Å². The van der Waals surface area contributed by atoms with Crippen LogP contribution in [0.2, 0.25) is 0 Å². The quantitative estimate of drug-likeness (QED) is 0.697. The molecular weight excluding hydrogens is 238 g/mol. The lowest BCUT2D eigenvalue weighted by molar-refractivity contribution is -0.148. The maximum atomic E-state index is 12.0. The molecule has 8 nitrogen and oxygen atoms in total. The lowest BCUT2D eigenvalue weighted by Crippen LogP contribution is -2.42. The Hall–Kier alpha value is -1.96. The van der Waals surface area contributed by atoms with Crippen molar-refractivity contribution in [3.8, 4) is 0 Å². The summed E-state index contributed by atoms with van der Waals surface area (Å²) in [6.07, 6.45) is 2.81. The van der Waals surface area contributed by atoms with Crippen LogP contribution in [0.5, 0.6) is 0 Å². The number of carboxylic acid groups (broad SMARTS) is 1. The van der Waals surface area contributed by atoms with E-state index in [1.807, 2.05) is 0 Å². The largest absolute Gasteiger partial charge is 0.480 e. The number of amides is 1. The van der Waals surface area contributed by atoms with Crippen LogP contribution in [0.3, 0.4) is 0 Å². The predicted molar refractivity (Wildman–Crippen MR) is 60.3 cm³/mol. The third-order valence-electron chi connectivity index (χ3n) is 2.95. The lowest BCUT2D eigenvalue weighted by Gasteiger charge is -2.21. The van der Waals surface area contributed by atoms with E-state index in [0.717, 1.165) is 0 Å². The van der Waals surface area contributed by atoms with Gasteiger partial charge in [-0.05, 0) is 12.8 Å². The Morgan fingerprint density at radius 3 is 2.94 bits per heavy atom. The molecule has 2 heterocycles. The van der Waals surface area contributed by atoms with Crippen LogP contribution in [0.4, 0.5) is 0 Å². The highest BCUT2D eigenvalue weighted by Gasteiger charge is 2.33. The molecule has 18 heavy (non-hydrogen) atoms. The molecule has 1 fully saturated rings. The Bertz CT molecular complexity index is 458. The normalized spacial score (nSPS) is 19.2. The predicted octanol–water partition coefficient (Wildman–Crippen LogP) is -1.19. The molecule has 0 aromatic carbocycles. The number of carbonyl (C=O) groups is 2. The van der Waals surface area contributed by atoms with E-state index >= 15 is 0 Å². The summed E-state index contributed by atoms with van der Waals surface area (Å²) in [4.78, 5) is 24.3. The van der Waals surface area contributed by atoms with E-state index in [-0.39, 0.29) is 19.0 Å². The van der Waals surface area contributed by atoms with Crippen LogP contribution in [0.1, 0.15) is 18.5 Å². The summed E-state index contributed by atoms with van der Waals surface area (Å²) >= 11 is 0. The average molecular weight is 253 g/mol. The third-order valence-corrected chi connectivity index (χ3v) is 2.95. The van der Waals surface area contributed by atoms with Gasteiger partial charge in [-0.2, -0.15) is 0 Å². The second-order valence-corrected chi connectivity index (χ2v) is 4.19. The SMILES string of the molecule is NCc1cn(CC(=O)N2CCCC2C(=O)O)nn1. The minimum atomic E-state index is -0.956. The van der Waals surface area contributed by atoms with Crippen molar-refractivity contribution < 1.29 is 14.7 Å². The zero-order chi connectivity index (χ0) is 13.1. The van der Waals surface area contributed by atoms with E-state index in [1.165, 1.54) is 9.58 Å². The maximum Gasteiger partial charge on any atom is 0.326 e. The number of aliphatic carboxylic acids is 1. The Morgan fingerprint density at radius 1 is 1.56 bits per heavy atom. The van der Waals surface area contributed by atoms with Gasteiger partial charge in [0.15, 0.2) is 0 Å². The van der Waals surface area contributed by atoms with Gasteiger partial charge in [0.25, 0.3) is 0 Å². The highest BCUT2D eigenvalue weighted by molar-refractivity contribution is 5.84. The molecule has 1 unspecified atom stereocenters. The Labute approximate surface area is 103 Å². The van der Waals surface area contributed by atoms with Crippen LogP contribution in [-0.4, -0.2) is 49.5 Å². The molecule has 0 radical (unpaired) electrons. The second kappa shape index (κ2) is 5.13. The fraction of sp³-hybridized carbons (Fsp3) is 0.600.